The van der Waals surface area contributed by atoms with Crippen molar-refractivity contribution in [3.05, 3.63) is 50.7 Å². The van der Waals surface area contributed by atoms with Crippen LogP contribution in [-0.2, 0) is 0 Å². The molecule has 1 N–H and O–H groups in total. The van der Waals surface area contributed by atoms with Gasteiger partial charge in [0.2, 0.25) is 0 Å². The predicted molar refractivity (Wildman–Crippen MR) is 73.8 cm³/mol. The van der Waals surface area contributed by atoms with Crippen molar-refractivity contribution >= 4 is 22.9 Å². The molecule has 18 heavy (non-hydrogen) atoms. The highest BCUT2D eigenvalue weighted by molar-refractivity contribution is 7.09. The second-order valence-corrected chi connectivity index (χ2v) is 5.26. The molecule has 0 radical (unpaired) electrons. The number of halogens is 2. The number of thiazole rings is 1. The molecule has 0 aliphatic rings. The minimum absolute atomic E-state index is 0.142. The van der Waals surface area contributed by atoms with E-state index in [0.717, 1.165) is 17.2 Å². The minimum Gasteiger partial charge on any atom is -0.304 e. The highest BCUT2D eigenvalue weighted by Crippen LogP contribution is 2.29. The van der Waals surface area contributed by atoms with E-state index in [0.29, 0.717) is 5.56 Å². The maximum absolute atomic E-state index is 14.1. The molecule has 5 heteroatoms. The summed E-state index contributed by atoms with van der Waals surface area (Å²) in [7, 11) is 0. The molecule has 2 nitrogen and oxygen atoms in total. The van der Waals surface area contributed by atoms with Crippen LogP contribution in [0.2, 0.25) is 5.02 Å². The van der Waals surface area contributed by atoms with Gasteiger partial charge in [0.1, 0.15) is 10.8 Å². The zero-order valence-electron chi connectivity index (χ0n) is 10.2. The molecule has 1 unspecified atom stereocenters. The van der Waals surface area contributed by atoms with Crippen molar-refractivity contribution < 1.29 is 4.39 Å². The van der Waals surface area contributed by atoms with Gasteiger partial charge in [0, 0.05) is 16.6 Å². The van der Waals surface area contributed by atoms with Crippen LogP contribution in [0.3, 0.4) is 0 Å². The van der Waals surface area contributed by atoms with E-state index in [1.165, 1.54) is 11.3 Å². The van der Waals surface area contributed by atoms with Gasteiger partial charge in [0.05, 0.1) is 11.1 Å². The third-order valence-corrected chi connectivity index (χ3v) is 3.90. The largest absolute Gasteiger partial charge is 0.304 e. The topological polar surface area (TPSA) is 24.9 Å². The van der Waals surface area contributed by atoms with Crippen LogP contribution in [0.5, 0.6) is 0 Å². The quantitative estimate of drug-likeness (QED) is 0.920. The second-order valence-electron chi connectivity index (χ2n) is 3.96. The highest BCUT2D eigenvalue weighted by Gasteiger charge is 2.21. The van der Waals surface area contributed by atoms with Crippen LogP contribution in [0.25, 0.3) is 0 Å². The van der Waals surface area contributed by atoms with Gasteiger partial charge >= 0.3 is 0 Å². The lowest BCUT2D eigenvalue weighted by Crippen LogP contribution is -2.23. The molecule has 96 valence electrons. The van der Waals surface area contributed by atoms with Gasteiger partial charge in [-0.2, -0.15) is 0 Å². The van der Waals surface area contributed by atoms with Gasteiger partial charge in [0.25, 0.3) is 0 Å². The number of hydrogen-bond donors (Lipinski definition) is 1. The fraction of sp³-hybridized carbons (Fsp3) is 0.308. The Balaban J connectivity index is 2.44. The summed E-state index contributed by atoms with van der Waals surface area (Å²) in [5, 5.41) is 6.21. The molecule has 2 rings (SSSR count). The van der Waals surface area contributed by atoms with Gasteiger partial charge in [-0.25, -0.2) is 9.37 Å². The maximum Gasteiger partial charge on any atom is 0.146 e. The molecule has 2 aromatic rings. The molecular formula is C13H14ClFN2S. The Morgan fingerprint density at radius 3 is 2.89 bits per heavy atom. The van der Waals surface area contributed by atoms with Crippen molar-refractivity contribution in [1.29, 1.82) is 0 Å². The molecule has 1 aromatic heterocycles. The Morgan fingerprint density at radius 1 is 1.50 bits per heavy atom. The van der Waals surface area contributed by atoms with Crippen molar-refractivity contribution in [2.24, 2.45) is 0 Å². The lowest BCUT2D eigenvalue weighted by Gasteiger charge is -2.17. The summed E-state index contributed by atoms with van der Waals surface area (Å²) in [6.07, 6.45) is 0. The van der Waals surface area contributed by atoms with E-state index in [1.807, 2.05) is 19.2 Å². The first kappa shape index (κ1) is 13.5. The van der Waals surface area contributed by atoms with Crippen LogP contribution in [-0.4, -0.2) is 11.5 Å². The van der Waals surface area contributed by atoms with Gasteiger partial charge in [-0.1, -0.05) is 30.7 Å². The summed E-state index contributed by atoms with van der Waals surface area (Å²) in [6, 6.07) is 4.81. The molecular weight excluding hydrogens is 271 g/mol. The van der Waals surface area contributed by atoms with Gasteiger partial charge in [0.15, 0.2) is 0 Å². The van der Waals surface area contributed by atoms with Crippen LogP contribution in [0.4, 0.5) is 4.39 Å². The van der Waals surface area contributed by atoms with Crippen molar-refractivity contribution in [2.75, 3.05) is 6.54 Å². The monoisotopic (exact) mass is 284 g/mol. The van der Waals surface area contributed by atoms with E-state index in [-0.39, 0.29) is 16.9 Å². The first-order valence-electron chi connectivity index (χ1n) is 5.72. The van der Waals surface area contributed by atoms with E-state index in [9.17, 15) is 4.39 Å². The molecule has 0 saturated heterocycles. The van der Waals surface area contributed by atoms with Crippen LogP contribution < -0.4 is 5.32 Å². The lowest BCUT2D eigenvalue weighted by molar-refractivity contribution is 0.557. The Kier molecular flexibility index (Phi) is 4.32. The molecule has 1 atom stereocenters. The zero-order valence-corrected chi connectivity index (χ0v) is 11.8. The molecule has 0 bridgehead atoms. The normalized spacial score (nSPS) is 12.7. The minimum atomic E-state index is -0.377. The third kappa shape index (κ3) is 2.71. The molecule has 0 saturated carbocycles. The number of aromatic nitrogens is 1. The number of hydrogen-bond acceptors (Lipinski definition) is 3. The third-order valence-electron chi connectivity index (χ3n) is 2.58. The highest BCUT2D eigenvalue weighted by atomic mass is 35.5. The molecule has 0 aliphatic carbocycles. The van der Waals surface area contributed by atoms with E-state index >= 15 is 0 Å². The summed E-state index contributed by atoms with van der Waals surface area (Å²) in [5.41, 5.74) is 1.49. The smallest absolute Gasteiger partial charge is 0.146 e. The number of nitrogens with one attached hydrogen (secondary N) is 1. The van der Waals surface area contributed by atoms with E-state index in [4.69, 9.17) is 11.6 Å². The van der Waals surface area contributed by atoms with Gasteiger partial charge < -0.3 is 5.32 Å². The van der Waals surface area contributed by atoms with Gasteiger partial charge in [-0.15, -0.1) is 11.3 Å². The first-order valence-corrected chi connectivity index (χ1v) is 6.98. The fourth-order valence-electron chi connectivity index (χ4n) is 1.78. The van der Waals surface area contributed by atoms with E-state index in [1.54, 1.807) is 18.2 Å². The Hall–Kier alpha value is -0.970. The lowest BCUT2D eigenvalue weighted by atomic mass is 10.1. The maximum atomic E-state index is 14.1. The molecule has 1 aromatic carbocycles. The summed E-state index contributed by atoms with van der Waals surface area (Å²) < 4.78 is 14.1. The number of nitrogens with zero attached hydrogens (tertiary/aromatic N) is 1. The average molecular weight is 285 g/mol. The van der Waals surface area contributed by atoms with Crippen LogP contribution >= 0.6 is 22.9 Å². The van der Waals surface area contributed by atoms with E-state index in [2.05, 4.69) is 10.3 Å². The second kappa shape index (κ2) is 5.78. The SMILES string of the molecule is CCNC(c1nc(C)cs1)c1cccc(Cl)c1F. The summed E-state index contributed by atoms with van der Waals surface area (Å²) in [5.74, 6) is -0.377. The zero-order chi connectivity index (χ0) is 13.1. The molecule has 0 spiro atoms. The van der Waals surface area contributed by atoms with Crippen molar-refractivity contribution in [2.45, 2.75) is 19.9 Å². The molecule has 1 heterocycles. The molecule has 0 fully saturated rings. The predicted octanol–water partition coefficient (Wildman–Crippen LogP) is 3.94. The molecule has 0 amide bonds. The summed E-state index contributed by atoms with van der Waals surface area (Å²) in [6.45, 7) is 4.64. The van der Waals surface area contributed by atoms with E-state index < -0.39 is 0 Å². The fourth-order valence-corrected chi connectivity index (χ4v) is 2.85. The van der Waals surface area contributed by atoms with Gasteiger partial charge in [-0.3, -0.25) is 0 Å². The Bertz CT molecular complexity index is 542. The summed E-state index contributed by atoms with van der Waals surface area (Å²) in [4.78, 5) is 4.42. The Labute approximate surface area is 115 Å². The first-order chi connectivity index (χ1) is 8.63. The number of rotatable bonds is 4. The van der Waals surface area contributed by atoms with Crippen molar-refractivity contribution in [3.8, 4) is 0 Å². The van der Waals surface area contributed by atoms with Crippen molar-refractivity contribution in [3.63, 3.8) is 0 Å². The molecule has 0 aliphatic heterocycles. The van der Waals surface area contributed by atoms with Crippen LogP contribution in [0.15, 0.2) is 23.6 Å². The van der Waals surface area contributed by atoms with Crippen molar-refractivity contribution in [1.82, 2.24) is 10.3 Å². The van der Waals surface area contributed by atoms with Crippen LogP contribution in [0, 0.1) is 12.7 Å². The Morgan fingerprint density at radius 2 is 2.28 bits per heavy atom. The average Bonchev–Trinajstić information content (AvgIpc) is 2.77. The standard InChI is InChI=1S/C13H14ClFN2S/c1-3-16-12(13-17-8(2)7-18-13)9-5-4-6-10(14)11(9)15/h4-7,12,16H,3H2,1-2H3. The van der Waals surface area contributed by atoms with Crippen LogP contribution in [0.1, 0.15) is 29.2 Å². The number of aryl methyl sites for hydroxylation is 1. The van der Waals surface area contributed by atoms with Gasteiger partial charge in [-0.05, 0) is 19.5 Å². The number of benzene rings is 1. The summed E-state index contributed by atoms with van der Waals surface area (Å²) >= 11 is 7.35.